The van der Waals surface area contributed by atoms with Gasteiger partial charge in [0.05, 0.1) is 12.2 Å². The molecule has 4 nitrogen and oxygen atoms in total. The van der Waals surface area contributed by atoms with Crippen LogP contribution in [0.3, 0.4) is 0 Å². The van der Waals surface area contributed by atoms with E-state index in [0.717, 1.165) is 12.1 Å². The number of amides is 1. The van der Waals surface area contributed by atoms with Crippen LogP contribution in [0.5, 0.6) is 5.75 Å². The fourth-order valence-electron chi connectivity index (χ4n) is 1.92. The van der Waals surface area contributed by atoms with Gasteiger partial charge in [-0.1, -0.05) is 6.07 Å². The number of ether oxygens (including phenoxy) is 2. The van der Waals surface area contributed by atoms with E-state index in [4.69, 9.17) is 9.47 Å². The molecule has 0 unspecified atom stereocenters. The highest BCUT2D eigenvalue weighted by molar-refractivity contribution is 6.04. The van der Waals surface area contributed by atoms with Crippen LogP contribution >= 0.6 is 0 Å². The van der Waals surface area contributed by atoms with Crippen molar-refractivity contribution in [3.63, 3.8) is 0 Å². The first-order valence-electron chi connectivity index (χ1n) is 7.10. The molecule has 0 saturated heterocycles. The number of benzene rings is 2. The van der Waals surface area contributed by atoms with E-state index in [0.29, 0.717) is 24.7 Å². The predicted octanol–water partition coefficient (Wildman–Crippen LogP) is 3.98. The molecule has 1 amide bonds. The molecule has 0 aliphatic rings. The van der Waals surface area contributed by atoms with Crippen LogP contribution in [0.1, 0.15) is 15.9 Å². The number of hydrogen-bond donors (Lipinski definition) is 1. The molecule has 0 atom stereocenters. The molecule has 0 aliphatic carbocycles. The van der Waals surface area contributed by atoms with E-state index in [1.807, 2.05) is 0 Å². The van der Waals surface area contributed by atoms with Crippen molar-refractivity contribution in [1.82, 2.24) is 0 Å². The first-order chi connectivity index (χ1) is 11.4. The van der Waals surface area contributed by atoms with E-state index in [-0.39, 0.29) is 5.56 Å². The molecule has 2 aromatic carbocycles. The second-order valence-electron chi connectivity index (χ2n) is 4.90. The minimum Gasteiger partial charge on any atom is -0.491 e. The van der Waals surface area contributed by atoms with Gasteiger partial charge < -0.3 is 14.8 Å². The molecule has 7 heteroatoms. The smallest absolute Gasteiger partial charge is 0.416 e. The van der Waals surface area contributed by atoms with Gasteiger partial charge in [-0.15, -0.1) is 0 Å². The summed E-state index contributed by atoms with van der Waals surface area (Å²) in [6, 6.07) is 10.8. The molecule has 128 valence electrons. The Kier molecular flexibility index (Phi) is 5.81. The van der Waals surface area contributed by atoms with Gasteiger partial charge in [0.2, 0.25) is 0 Å². The lowest BCUT2D eigenvalue weighted by Gasteiger charge is -2.10. The summed E-state index contributed by atoms with van der Waals surface area (Å²) in [4.78, 5) is 12.1. The molecule has 1 N–H and O–H groups in total. The largest absolute Gasteiger partial charge is 0.491 e. The number of hydrogen-bond acceptors (Lipinski definition) is 3. The summed E-state index contributed by atoms with van der Waals surface area (Å²) < 4.78 is 48.3. The van der Waals surface area contributed by atoms with E-state index >= 15 is 0 Å². The number of nitrogens with one attached hydrogen (secondary N) is 1. The maximum Gasteiger partial charge on any atom is 0.416 e. The SMILES string of the molecule is COCCOc1ccc(NC(=O)c2cccc(C(F)(F)F)c2)cc1. The molecule has 0 heterocycles. The lowest BCUT2D eigenvalue weighted by Crippen LogP contribution is -2.14. The maximum absolute atomic E-state index is 12.7. The number of alkyl halides is 3. The maximum atomic E-state index is 12.7. The standard InChI is InChI=1S/C17H16F3NO3/c1-23-9-10-24-15-7-5-14(6-8-15)21-16(22)12-3-2-4-13(11-12)17(18,19)20/h2-8,11H,9-10H2,1H3,(H,21,22). The molecule has 2 rings (SSSR count). The fraction of sp³-hybridized carbons (Fsp3) is 0.235. The molecule has 0 bridgehead atoms. The van der Waals surface area contributed by atoms with E-state index in [9.17, 15) is 18.0 Å². The van der Waals surface area contributed by atoms with Crippen LogP contribution in [-0.2, 0) is 10.9 Å². The summed E-state index contributed by atoms with van der Waals surface area (Å²) in [6.45, 7) is 0.848. The van der Waals surface area contributed by atoms with Gasteiger partial charge in [0.15, 0.2) is 0 Å². The van der Waals surface area contributed by atoms with Crippen LogP contribution in [0, 0.1) is 0 Å². The van der Waals surface area contributed by atoms with Crippen LogP contribution in [0.25, 0.3) is 0 Å². The van der Waals surface area contributed by atoms with Gasteiger partial charge in [-0.05, 0) is 42.5 Å². The van der Waals surface area contributed by atoms with Crippen LogP contribution in [0.4, 0.5) is 18.9 Å². The molecule has 24 heavy (non-hydrogen) atoms. The summed E-state index contributed by atoms with van der Waals surface area (Å²) in [7, 11) is 1.57. The van der Waals surface area contributed by atoms with Crippen molar-refractivity contribution in [1.29, 1.82) is 0 Å². The Morgan fingerprint density at radius 3 is 2.42 bits per heavy atom. The summed E-state index contributed by atoms with van der Waals surface area (Å²) >= 11 is 0. The Hall–Kier alpha value is -2.54. The van der Waals surface area contributed by atoms with Crippen molar-refractivity contribution >= 4 is 11.6 Å². The summed E-state index contributed by atoms with van der Waals surface area (Å²) in [5.74, 6) is -0.0155. The summed E-state index contributed by atoms with van der Waals surface area (Å²) in [5.41, 5.74) is -0.473. The van der Waals surface area contributed by atoms with Gasteiger partial charge in [0, 0.05) is 18.4 Å². The highest BCUT2D eigenvalue weighted by Crippen LogP contribution is 2.29. The van der Waals surface area contributed by atoms with Gasteiger partial charge in [-0.25, -0.2) is 0 Å². The van der Waals surface area contributed by atoms with E-state index < -0.39 is 17.6 Å². The third kappa shape index (κ3) is 4.99. The highest BCUT2D eigenvalue weighted by Gasteiger charge is 2.30. The first kappa shape index (κ1) is 17.8. The Labute approximate surface area is 137 Å². The van der Waals surface area contributed by atoms with Crippen LogP contribution in [0.15, 0.2) is 48.5 Å². The normalized spacial score (nSPS) is 11.2. The van der Waals surface area contributed by atoms with Crippen LogP contribution in [-0.4, -0.2) is 26.2 Å². The van der Waals surface area contributed by atoms with Gasteiger partial charge >= 0.3 is 6.18 Å². The summed E-state index contributed by atoms with van der Waals surface area (Å²) in [5, 5.41) is 2.54. The number of carbonyl (C=O) groups is 1. The molecule has 0 radical (unpaired) electrons. The third-order valence-corrected chi connectivity index (χ3v) is 3.12. The van der Waals surface area contributed by atoms with Gasteiger partial charge in [-0.3, -0.25) is 4.79 Å². The fourth-order valence-corrected chi connectivity index (χ4v) is 1.92. The van der Waals surface area contributed by atoms with Crippen molar-refractivity contribution in [3.8, 4) is 5.75 Å². The summed E-state index contributed by atoms with van der Waals surface area (Å²) in [6.07, 6.45) is -4.49. The molecular weight excluding hydrogens is 323 g/mol. The second-order valence-corrected chi connectivity index (χ2v) is 4.90. The van der Waals surface area contributed by atoms with E-state index in [1.165, 1.54) is 12.1 Å². The third-order valence-electron chi connectivity index (χ3n) is 3.12. The zero-order valence-electron chi connectivity index (χ0n) is 12.9. The number of rotatable bonds is 6. The second kappa shape index (κ2) is 7.83. The Balaban J connectivity index is 2.02. The molecule has 0 saturated carbocycles. The molecule has 0 spiro atoms. The van der Waals surface area contributed by atoms with Crippen molar-refractivity contribution in [2.24, 2.45) is 0 Å². The van der Waals surface area contributed by atoms with Crippen LogP contribution < -0.4 is 10.1 Å². The van der Waals surface area contributed by atoms with Gasteiger partial charge in [-0.2, -0.15) is 13.2 Å². The molecular formula is C17H16F3NO3. The van der Waals surface area contributed by atoms with Crippen molar-refractivity contribution in [3.05, 3.63) is 59.7 Å². The average molecular weight is 339 g/mol. The first-order valence-corrected chi connectivity index (χ1v) is 7.10. The van der Waals surface area contributed by atoms with Gasteiger partial charge in [0.25, 0.3) is 5.91 Å². The minimum absolute atomic E-state index is 0.0646. The lowest BCUT2D eigenvalue weighted by molar-refractivity contribution is -0.137. The van der Waals surface area contributed by atoms with Crippen molar-refractivity contribution in [2.45, 2.75) is 6.18 Å². The molecule has 0 fully saturated rings. The van der Waals surface area contributed by atoms with Gasteiger partial charge in [0.1, 0.15) is 12.4 Å². The zero-order chi connectivity index (χ0) is 17.6. The molecule has 2 aromatic rings. The number of halogens is 3. The van der Waals surface area contributed by atoms with Crippen LogP contribution in [0.2, 0.25) is 0 Å². The average Bonchev–Trinajstić information content (AvgIpc) is 2.56. The number of carbonyl (C=O) groups excluding carboxylic acids is 1. The monoisotopic (exact) mass is 339 g/mol. The number of methoxy groups -OCH3 is 1. The Bertz CT molecular complexity index is 684. The lowest BCUT2D eigenvalue weighted by atomic mass is 10.1. The van der Waals surface area contributed by atoms with E-state index in [1.54, 1.807) is 31.4 Å². The van der Waals surface area contributed by atoms with E-state index in [2.05, 4.69) is 5.32 Å². The minimum atomic E-state index is -4.49. The van der Waals surface area contributed by atoms with Crippen molar-refractivity contribution in [2.75, 3.05) is 25.6 Å². The molecule has 0 aliphatic heterocycles. The Morgan fingerprint density at radius 1 is 1.08 bits per heavy atom. The van der Waals surface area contributed by atoms with Crippen molar-refractivity contribution < 1.29 is 27.4 Å². The quantitative estimate of drug-likeness (QED) is 0.810. The Morgan fingerprint density at radius 2 is 1.79 bits per heavy atom. The number of anilines is 1. The zero-order valence-corrected chi connectivity index (χ0v) is 12.9. The highest BCUT2D eigenvalue weighted by atomic mass is 19.4. The topological polar surface area (TPSA) is 47.6 Å². The predicted molar refractivity (Wildman–Crippen MR) is 83.2 cm³/mol. The molecule has 0 aromatic heterocycles.